The molecular weight excluding hydrogens is 357 g/mol. The molecule has 140 valence electrons. The van der Waals surface area contributed by atoms with Crippen LogP contribution in [0.2, 0.25) is 0 Å². The van der Waals surface area contributed by atoms with Crippen molar-refractivity contribution < 1.29 is 27.8 Å². The molecule has 0 spiro atoms. The van der Waals surface area contributed by atoms with Gasteiger partial charge in [-0.2, -0.15) is 13.2 Å². The lowest BCUT2D eigenvalue weighted by molar-refractivity contribution is -0.255. The van der Waals surface area contributed by atoms with E-state index in [0.717, 1.165) is 22.9 Å². The van der Waals surface area contributed by atoms with Crippen LogP contribution in [0.1, 0.15) is 35.3 Å². The van der Waals surface area contributed by atoms with Crippen molar-refractivity contribution in [2.45, 2.75) is 25.6 Å². The smallest absolute Gasteiger partial charge is 0.419 e. The lowest BCUT2D eigenvalue weighted by Gasteiger charge is -2.30. The van der Waals surface area contributed by atoms with E-state index in [2.05, 4.69) is 0 Å². The number of carbonyl (C=O) groups is 1. The highest BCUT2D eigenvalue weighted by atomic mass is 19.4. The molecule has 0 radical (unpaired) electrons. The van der Waals surface area contributed by atoms with E-state index >= 15 is 0 Å². The van der Waals surface area contributed by atoms with Crippen molar-refractivity contribution in [2.75, 3.05) is 0 Å². The van der Waals surface area contributed by atoms with Gasteiger partial charge in [-0.3, -0.25) is 0 Å². The summed E-state index contributed by atoms with van der Waals surface area (Å²) < 4.78 is 45.8. The van der Waals surface area contributed by atoms with Gasteiger partial charge in [0, 0.05) is 11.1 Å². The number of alkyl halides is 3. The van der Waals surface area contributed by atoms with Gasteiger partial charge in [-0.15, -0.1) is 0 Å². The Labute approximate surface area is 154 Å². The minimum absolute atomic E-state index is 0.383. The Bertz CT molecular complexity index is 1000. The zero-order chi connectivity index (χ0) is 19.8. The van der Waals surface area contributed by atoms with Crippen LogP contribution in [0.3, 0.4) is 0 Å². The molecule has 0 amide bonds. The number of rotatable bonds is 4. The molecular formula is C21H16F3O3-. The molecule has 0 saturated heterocycles. The molecule has 0 saturated carbocycles. The van der Waals surface area contributed by atoms with E-state index in [1.165, 1.54) is 0 Å². The van der Waals surface area contributed by atoms with Crippen LogP contribution < -0.4 is 9.84 Å². The Kier molecular flexibility index (Phi) is 4.59. The maximum Gasteiger partial charge on any atom is 0.419 e. The predicted octanol–water partition coefficient (Wildman–Crippen LogP) is 4.54. The van der Waals surface area contributed by atoms with Gasteiger partial charge in [0.15, 0.2) is 0 Å². The molecule has 0 unspecified atom stereocenters. The molecule has 0 aliphatic carbocycles. The molecule has 3 aromatic rings. The predicted molar refractivity (Wildman–Crippen MR) is 93.4 cm³/mol. The largest absolute Gasteiger partial charge is 0.545 e. The summed E-state index contributed by atoms with van der Waals surface area (Å²) in [4.78, 5) is 11.1. The van der Waals surface area contributed by atoms with Crippen LogP contribution in [0, 0.1) is 0 Å². The minimum Gasteiger partial charge on any atom is -0.545 e. The van der Waals surface area contributed by atoms with E-state index in [9.17, 15) is 23.1 Å². The van der Waals surface area contributed by atoms with Crippen molar-refractivity contribution in [3.63, 3.8) is 0 Å². The average molecular weight is 373 g/mol. The first-order valence-corrected chi connectivity index (χ1v) is 8.19. The van der Waals surface area contributed by atoms with Crippen molar-refractivity contribution in [3.05, 3.63) is 77.4 Å². The Morgan fingerprint density at radius 2 is 1.59 bits per heavy atom. The fourth-order valence-corrected chi connectivity index (χ4v) is 3.05. The zero-order valence-electron chi connectivity index (χ0n) is 14.6. The third kappa shape index (κ3) is 3.74. The Balaban J connectivity index is 2.12. The molecule has 3 rings (SSSR count). The van der Waals surface area contributed by atoms with E-state index in [1.807, 2.05) is 30.3 Å². The topological polar surface area (TPSA) is 49.4 Å². The van der Waals surface area contributed by atoms with Crippen molar-refractivity contribution in [1.82, 2.24) is 0 Å². The maximum absolute atomic E-state index is 13.4. The van der Waals surface area contributed by atoms with Gasteiger partial charge in [0.1, 0.15) is 11.4 Å². The fraction of sp³-hybridized carbons (Fsp3) is 0.190. The molecule has 0 aromatic heterocycles. The summed E-state index contributed by atoms with van der Waals surface area (Å²) in [5.74, 6) is -2.13. The van der Waals surface area contributed by atoms with Gasteiger partial charge in [-0.05, 0) is 36.8 Å². The molecule has 0 bridgehead atoms. The van der Waals surface area contributed by atoms with Gasteiger partial charge in [0.25, 0.3) is 0 Å². The number of ether oxygens (including phenoxy) is 1. The van der Waals surface area contributed by atoms with Crippen molar-refractivity contribution in [1.29, 1.82) is 0 Å². The van der Waals surface area contributed by atoms with Crippen LogP contribution in [-0.4, -0.2) is 5.97 Å². The second-order valence-electron chi connectivity index (χ2n) is 6.64. The van der Waals surface area contributed by atoms with Gasteiger partial charge < -0.3 is 14.6 Å². The fourth-order valence-electron chi connectivity index (χ4n) is 3.05. The summed E-state index contributed by atoms with van der Waals surface area (Å²) >= 11 is 0. The molecule has 3 nitrogen and oxygen atoms in total. The SMILES string of the molecule is CC(C)(Oc1cc(C(=O)[O-])ccc1C(F)(F)F)c1cccc2ccccc12. The molecule has 0 N–H and O–H groups in total. The number of hydrogen-bond acceptors (Lipinski definition) is 3. The number of aromatic carboxylic acids is 1. The highest BCUT2D eigenvalue weighted by Gasteiger charge is 2.36. The monoisotopic (exact) mass is 373 g/mol. The van der Waals surface area contributed by atoms with E-state index in [0.29, 0.717) is 11.6 Å². The van der Waals surface area contributed by atoms with Crippen molar-refractivity contribution >= 4 is 16.7 Å². The van der Waals surface area contributed by atoms with Crippen LogP contribution in [-0.2, 0) is 11.8 Å². The lowest BCUT2D eigenvalue weighted by Crippen LogP contribution is -2.28. The number of halogens is 3. The Hall–Kier alpha value is -3.02. The number of hydrogen-bond donors (Lipinski definition) is 0. The molecule has 3 aromatic carbocycles. The highest BCUT2D eigenvalue weighted by Crippen LogP contribution is 2.40. The summed E-state index contributed by atoms with van der Waals surface area (Å²) in [5.41, 5.74) is -1.88. The van der Waals surface area contributed by atoms with Crippen LogP contribution in [0.5, 0.6) is 5.75 Å². The third-order valence-electron chi connectivity index (χ3n) is 4.33. The maximum atomic E-state index is 13.4. The quantitative estimate of drug-likeness (QED) is 0.675. The molecule has 0 fully saturated rings. The first-order valence-electron chi connectivity index (χ1n) is 8.19. The van der Waals surface area contributed by atoms with E-state index in [-0.39, 0.29) is 5.56 Å². The lowest BCUT2D eigenvalue weighted by atomic mass is 9.92. The van der Waals surface area contributed by atoms with Gasteiger partial charge >= 0.3 is 6.18 Å². The summed E-state index contributed by atoms with van der Waals surface area (Å²) in [5, 5.41) is 12.8. The molecule has 27 heavy (non-hydrogen) atoms. The normalized spacial score (nSPS) is 12.2. The summed E-state index contributed by atoms with van der Waals surface area (Å²) in [7, 11) is 0. The van der Waals surface area contributed by atoms with Gasteiger partial charge in [0.05, 0.1) is 11.5 Å². The standard InChI is InChI=1S/C21H17F3O3/c1-20(2,16-9-5-7-13-6-3-4-8-15(13)16)27-18-12-14(19(25)26)10-11-17(18)21(22,23)24/h3-12H,1-2H3,(H,25,26)/p-1. The summed E-state index contributed by atoms with van der Waals surface area (Å²) in [6, 6.07) is 15.3. The van der Waals surface area contributed by atoms with Crippen LogP contribution in [0.15, 0.2) is 60.7 Å². The second kappa shape index (κ2) is 6.61. The molecule has 0 aliphatic heterocycles. The van der Waals surface area contributed by atoms with Crippen molar-refractivity contribution in [2.24, 2.45) is 0 Å². The average Bonchev–Trinajstić information content (AvgIpc) is 2.59. The minimum atomic E-state index is -4.69. The number of carboxylic acids is 1. The number of benzene rings is 3. The summed E-state index contributed by atoms with van der Waals surface area (Å²) in [6.07, 6.45) is -4.69. The Morgan fingerprint density at radius 3 is 2.26 bits per heavy atom. The summed E-state index contributed by atoms with van der Waals surface area (Å²) in [6.45, 7) is 3.28. The highest BCUT2D eigenvalue weighted by molar-refractivity contribution is 5.87. The first-order chi connectivity index (χ1) is 12.6. The second-order valence-corrected chi connectivity index (χ2v) is 6.64. The molecule has 6 heteroatoms. The Morgan fingerprint density at radius 1 is 0.926 bits per heavy atom. The number of carbonyl (C=O) groups excluding carboxylic acids is 1. The van der Waals surface area contributed by atoms with Crippen LogP contribution >= 0.6 is 0 Å². The van der Waals surface area contributed by atoms with Crippen molar-refractivity contribution in [3.8, 4) is 5.75 Å². The number of carboxylic acid groups (broad SMARTS) is 1. The van der Waals surface area contributed by atoms with E-state index in [4.69, 9.17) is 4.74 Å². The van der Waals surface area contributed by atoms with Gasteiger partial charge in [0.2, 0.25) is 0 Å². The first kappa shape index (κ1) is 18.8. The molecule has 0 atom stereocenters. The van der Waals surface area contributed by atoms with Gasteiger partial charge in [-0.1, -0.05) is 48.5 Å². The number of fused-ring (bicyclic) bond motifs is 1. The van der Waals surface area contributed by atoms with Gasteiger partial charge in [-0.25, -0.2) is 0 Å². The van der Waals surface area contributed by atoms with E-state index < -0.39 is 29.1 Å². The van der Waals surface area contributed by atoms with E-state index in [1.54, 1.807) is 26.0 Å². The zero-order valence-corrected chi connectivity index (χ0v) is 14.6. The molecule has 0 aliphatic rings. The van der Waals surface area contributed by atoms with Crippen LogP contribution in [0.25, 0.3) is 10.8 Å². The van der Waals surface area contributed by atoms with Crippen LogP contribution in [0.4, 0.5) is 13.2 Å². The third-order valence-corrected chi connectivity index (χ3v) is 4.33. The molecule has 0 heterocycles.